The van der Waals surface area contributed by atoms with Gasteiger partial charge in [0.05, 0.1) is 16.6 Å². The van der Waals surface area contributed by atoms with Crippen LogP contribution in [0.15, 0.2) is 59.5 Å². The Morgan fingerprint density at radius 2 is 1.78 bits per heavy atom. The lowest BCUT2D eigenvalue weighted by Gasteiger charge is -2.10. The molecule has 2 rings (SSSR count). The van der Waals surface area contributed by atoms with E-state index < -0.39 is 16.0 Å². The molecule has 0 aromatic heterocycles. The lowest BCUT2D eigenvalue weighted by atomic mass is 10.2. The van der Waals surface area contributed by atoms with E-state index in [1.165, 1.54) is 24.3 Å². The van der Waals surface area contributed by atoms with Crippen LogP contribution in [0.2, 0.25) is 0 Å². The number of sulfonamides is 1. The molecule has 0 heterocycles. The zero-order valence-electron chi connectivity index (χ0n) is 13.0. The van der Waals surface area contributed by atoms with E-state index in [0.717, 1.165) is 5.56 Å². The molecule has 0 saturated heterocycles. The summed E-state index contributed by atoms with van der Waals surface area (Å²) in [6.45, 7) is 3.66. The number of nitrogens with one attached hydrogen (secondary N) is 1. The van der Waals surface area contributed by atoms with Gasteiger partial charge >= 0.3 is 5.97 Å². The zero-order chi connectivity index (χ0) is 16.9. The van der Waals surface area contributed by atoms with Crippen LogP contribution in [-0.4, -0.2) is 20.5 Å². The predicted octanol–water partition coefficient (Wildman–Crippen LogP) is 2.73. The second-order valence-electron chi connectivity index (χ2n) is 5.29. The Bertz CT molecular complexity index is 770. The van der Waals surface area contributed by atoms with Crippen LogP contribution in [0.4, 0.5) is 0 Å². The minimum atomic E-state index is -3.70. The van der Waals surface area contributed by atoms with Crippen molar-refractivity contribution in [1.82, 2.24) is 4.72 Å². The fraction of sp³-hybridized carbons (Fsp3) is 0.235. The van der Waals surface area contributed by atoms with Crippen LogP contribution in [0, 0.1) is 0 Å². The van der Waals surface area contributed by atoms with E-state index in [1.54, 1.807) is 13.8 Å². The minimum absolute atomic E-state index is 0.0339. The summed E-state index contributed by atoms with van der Waals surface area (Å²) >= 11 is 0. The Hall–Kier alpha value is -2.18. The summed E-state index contributed by atoms with van der Waals surface area (Å²) < 4.78 is 32.3. The molecular weight excluding hydrogens is 314 g/mol. The first-order valence-electron chi connectivity index (χ1n) is 7.23. The van der Waals surface area contributed by atoms with Gasteiger partial charge in [-0.05, 0) is 37.6 Å². The van der Waals surface area contributed by atoms with Gasteiger partial charge in [-0.1, -0.05) is 36.4 Å². The largest absolute Gasteiger partial charge is 0.459 e. The predicted molar refractivity (Wildman–Crippen MR) is 87.5 cm³/mol. The third kappa shape index (κ3) is 4.91. The van der Waals surface area contributed by atoms with Gasteiger partial charge in [0.25, 0.3) is 0 Å². The van der Waals surface area contributed by atoms with Gasteiger partial charge in [-0.2, -0.15) is 0 Å². The summed E-state index contributed by atoms with van der Waals surface area (Å²) in [4.78, 5) is 11.9. The highest BCUT2D eigenvalue weighted by Gasteiger charge is 2.17. The Morgan fingerprint density at radius 1 is 1.09 bits per heavy atom. The number of esters is 1. The van der Waals surface area contributed by atoms with Crippen LogP contribution in [-0.2, 0) is 21.3 Å². The molecule has 2 aromatic rings. The van der Waals surface area contributed by atoms with Gasteiger partial charge in [0, 0.05) is 6.54 Å². The molecule has 0 unspecified atom stereocenters. The minimum Gasteiger partial charge on any atom is -0.459 e. The zero-order valence-corrected chi connectivity index (χ0v) is 13.8. The van der Waals surface area contributed by atoms with Crippen molar-refractivity contribution in [3.63, 3.8) is 0 Å². The second kappa shape index (κ2) is 7.39. The molecule has 0 aliphatic carbocycles. The normalized spacial score (nSPS) is 11.4. The Morgan fingerprint density at radius 3 is 2.43 bits per heavy atom. The van der Waals surface area contributed by atoms with Gasteiger partial charge < -0.3 is 4.74 Å². The molecule has 0 spiro atoms. The van der Waals surface area contributed by atoms with Gasteiger partial charge in [0.2, 0.25) is 10.0 Å². The highest BCUT2D eigenvalue weighted by atomic mass is 32.2. The molecule has 0 radical (unpaired) electrons. The summed E-state index contributed by atoms with van der Waals surface area (Å²) in [6, 6.07) is 15.0. The quantitative estimate of drug-likeness (QED) is 0.825. The molecule has 0 fully saturated rings. The maximum Gasteiger partial charge on any atom is 0.338 e. The summed E-state index contributed by atoms with van der Waals surface area (Å²) in [7, 11) is -3.70. The van der Waals surface area contributed by atoms with Gasteiger partial charge in [0.15, 0.2) is 0 Å². The summed E-state index contributed by atoms with van der Waals surface area (Å²) in [6.07, 6.45) is -0.265. The van der Waals surface area contributed by atoms with Crippen LogP contribution in [0.1, 0.15) is 29.8 Å². The molecule has 1 N–H and O–H groups in total. The smallest absolute Gasteiger partial charge is 0.338 e. The number of hydrogen-bond donors (Lipinski definition) is 1. The maximum atomic E-state index is 12.3. The van der Waals surface area contributed by atoms with E-state index >= 15 is 0 Å². The van der Waals surface area contributed by atoms with Gasteiger partial charge in [-0.3, -0.25) is 0 Å². The SMILES string of the molecule is CC(C)OC(=O)c1cccc(S(=O)(=O)NCc2ccccc2)c1. The first-order valence-corrected chi connectivity index (χ1v) is 8.71. The topological polar surface area (TPSA) is 72.5 Å². The van der Waals surface area contributed by atoms with E-state index in [0.29, 0.717) is 0 Å². The summed E-state index contributed by atoms with van der Waals surface area (Å²) in [5.74, 6) is -0.542. The van der Waals surface area contributed by atoms with Crippen molar-refractivity contribution in [2.24, 2.45) is 0 Å². The first kappa shape index (κ1) is 17.2. The second-order valence-corrected chi connectivity index (χ2v) is 7.06. The molecule has 0 aliphatic rings. The molecule has 23 heavy (non-hydrogen) atoms. The van der Waals surface area contributed by atoms with Crippen molar-refractivity contribution in [2.45, 2.75) is 31.4 Å². The molecule has 0 aliphatic heterocycles. The van der Waals surface area contributed by atoms with Crippen molar-refractivity contribution >= 4 is 16.0 Å². The van der Waals surface area contributed by atoms with Crippen molar-refractivity contribution < 1.29 is 17.9 Å². The first-order chi connectivity index (χ1) is 10.9. The average Bonchev–Trinajstić information content (AvgIpc) is 2.53. The monoisotopic (exact) mass is 333 g/mol. The number of hydrogen-bond acceptors (Lipinski definition) is 4. The van der Waals surface area contributed by atoms with Crippen molar-refractivity contribution in [2.75, 3.05) is 0 Å². The van der Waals surface area contributed by atoms with Crippen LogP contribution in [0.3, 0.4) is 0 Å². The molecule has 2 aromatic carbocycles. The molecule has 0 saturated carbocycles. The Balaban J connectivity index is 2.15. The van der Waals surface area contributed by atoms with Crippen molar-refractivity contribution in [1.29, 1.82) is 0 Å². The molecule has 6 heteroatoms. The van der Waals surface area contributed by atoms with Gasteiger partial charge in [-0.25, -0.2) is 17.9 Å². The van der Waals surface area contributed by atoms with E-state index in [1.807, 2.05) is 30.3 Å². The van der Waals surface area contributed by atoms with E-state index in [9.17, 15) is 13.2 Å². The van der Waals surface area contributed by atoms with Gasteiger partial charge in [-0.15, -0.1) is 0 Å². The van der Waals surface area contributed by atoms with E-state index in [2.05, 4.69) is 4.72 Å². The summed E-state index contributed by atoms with van der Waals surface area (Å²) in [5, 5.41) is 0. The third-order valence-corrected chi connectivity index (χ3v) is 4.43. The highest BCUT2D eigenvalue weighted by molar-refractivity contribution is 7.89. The fourth-order valence-electron chi connectivity index (χ4n) is 1.93. The molecule has 0 amide bonds. The fourth-order valence-corrected chi connectivity index (χ4v) is 2.99. The molecule has 122 valence electrons. The maximum absolute atomic E-state index is 12.3. The number of carbonyl (C=O) groups excluding carboxylic acids is 1. The van der Waals surface area contributed by atoms with Gasteiger partial charge in [0.1, 0.15) is 0 Å². The average molecular weight is 333 g/mol. The number of ether oxygens (including phenoxy) is 1. The number of rotatable bonds is 6. The Labute approximate surface area is 136 Å². The molecule has 0 atom stereocenters. The lowest BCUT2D eigenvalue weighted by Crippen LogP contribution is -2.23. The van der Waals surface area contributed by atoms with Crippen LogP contribution in [0.25, 0.3) is 0 Å². The molecule has 0 bridgehead atoms. The summed E-state index contributed by atoms with van der Waals surface area (Å²) in [5.41, 5.74) is 1.06. The van der Waals surface area contributed by atoms with Crippen LogP contribution >= 0.6 is 0 Å². The number of benzene rings is 2. The third-order valence-electron chi connectivity index (χ3n) is 3.03. The molecular formula is C17H19NO4S. The molecule has 5 nitrogen and oxygen atoms in total. The highest BCUT2D eigenvalue weighted by Crippen LogP contribution is 2.14. The lowest BCUT2D eigenvalue weighted by molar-refractivity contribution is 0.0377. The van der Waals surface area contributed by atoms with Crippen molar-refractivity contribution in [3.8, 4) is 0 Å². The van der Waals surface area contributed by atoms with Crippen molar-refractivity contribution in [3.05, 3.63) is 65.7 Å². The number of carbonyl (C=O) groups is 1. The standard InChI is InChI=1S/C17H19NO4S/c1-13(2)22-17(19)15-9-6-10-16(11-15)23(20,21)18-12-14-7-4-3-5-8-14/h3-11,13,18H,12H2,1-2H3. The van der Waals surface area contributed by atoms with E-state index in [-0.39, 0.29) is 23.1 Å². The van der Waals surface area contributed by atoms with E-state index in [4.69, 9.17) is 4.74 Å². The Kier molecular flexibility index (Phi) is 5.52. The van der Waals surface area contributed by atoms with Crippen LogP contribution < -0.4 is 4.72 Å². The van der Waals surface area contributed by atoms with Crippen LogP contribution in [0.5, 0.6) is 0 Å².